The highest BCUT2D eigenvalue weighted by molar-refractivity contribution is 7.98. The monoisotopic (exact) mass is 464 g/mol. The van der Waals surface area contributed by atoms with Crippen molar-refractivity contribution >= 4 is 27.7 Å². The van der Waals surface area contributed by atoms with Crippen LogP contribution >= 0.6 is 11.8 Å². The quantitative estimate of drug-likeness (QED) is 0.456. The maximum atomic E-state index is 12.7. The Morgan fingerprint density at radius 2 is 1.94 bits per heavy atom. The van der Waals surface area contributed by atoms with Crippen molar-refractivity contribution in [3.05, 3.63) is 51.9 Å². The smallest absolute Gasteiger partial charge is 0.254 e. The summed E-state index contributed by atoms with van der Waals surface area (Å²) in [4.78, 5) is 31.8. The molecule has 2 N–H and O–H groups in total. The number of nitrogens with one attached hydrogen (secondary N) is 2. The van der Waals surface area contributed by atoms with Gasteiger partial charge in [0.05, 0.1) is 4.90 Å². The zero-order valence-corrected chi connectivity index (χ0v) is 19.4. The predicted molar refractivity (Wildman–Crippen MR) is 121 cm³/mol. The Hall–Kier alpha value is -2.17. The molecule has 3 rings (SSSR count). The first-order chi connectivity index (χ1) is 14.8. The molecular formula is C21H28N4O4S2. The van der Waals surface area contributed by atoms with Crippen molar-refractivity contribution in [3.63, 3.8) is 0 Å². The van der Waals surface area contributed by atoms with Gasteiger partial charge >= 0.3 is 0 Å². The SMILES string of the molecule is CSc1nc(C)c(CCC(=O)NCC2CCN(S(=O)(=O)c3ccccc3)CC2)c(=O)[nH]1. The third-order valence-corrected chi connectivity index (χ3v) is 8.03. The average Bonchev–Trinajstić information content (AvgIpc) is 2.77. The lowest BCUT2D eigenvalue weighted by Crippen LogP contribution is -2.41. The molecule has 1 aliphatic rings. The Balaban J connectivity index is 1.45. The second-order valence-electron chi connectivity index (χ2n) is 7.60. The van der Waals surface area contributed by atoms with Gasteiger partial charge in [-0.25, -0.2) is 13.4 Å². The second-order valence-corrected chi connectivity index (χ2v) is 10.3. The van der Waals surface area contributed by atoms with Gasteiger partial charge in [0.15, 0.2) is 5.16 Å². The molecule has 0 spiro atoms. The van der Waals surface area contributed by atoms with Gasteiger partial charge in [0.25, 0.3) is 5.56 Å². The van der Waals surface area contributed by atoms with Crippen LogP contribution in [0.25, 0.3) is 0 Å². The maximum absolute atomic E-state index is 12.7. The molecule has 0 saturated carbocycles. The van der Waals surface area contributed by atoms with Gasteiger partial charge in [-0.3, -0.25) is 9.59 Å². The first-order valence-corrected chi connectivity index (χ1v) is 12.9. The number of benzene rings is 1. The first kappa shape index (κ1) is 23.5. The summed E-state index contributed by atoms with van der Waals surface area (Å²) in [6, 6.07) is 8.45. The second kappa shape index (κ2) is 10.4. The van der Waals surface area contributed by atoms with Gasteiger partial charge in [0.2, 0.25) is 15.9 Å². The van der Waals surface area contributed by atoms with Crippen LogP contribution in [0.5, 0.6) is 0 Å². The third-order valence-electron chi connectivity index (χ3n) is 5.54. The normalized spacial score (nSPS) is 15.7. The van der Waals surface area contributed by atoms with Crippen molar-refractivity contribution in [2.75, 3.05) is 25.9 Å². The molecular weight excluding hydrogens is 436 g/mol. The van der Waals surface area contributed by atoms with Crippen molar-refractivity contribution in [2.45, 2.75) is 42.7 Å². The van der Waals surface area contributed by atoms with E-state index in [1.165, 1.54) is 16.1 Å². The van der Waals surface area contributed by atoms with Crippen LogP contribution in [0.3, 0.4) is 0 Å². The molecule has 1 saturated heterocycles. The standard InChI is InChI=1S/C21H28N4O4S2/c1-15-18(20(27)24-21(23-15)30-2)8-9-19(26)22-14-16-10-12-25(13-11-16)31(28,29)17-6-4-3-5-7-17/h3-7,16H,8-14H2,1-2H3,(H,22,26)(H,23,24,27). The van der Waals surface area contributed by atoms with Gasteiger partial charge in [-0.05, 0) is 50.5 Å². The minimum absolute atomic E-state index is 0.118. The number of thioether (sulfide) groups is 1. The lowest BCUT2D eigenvalue weighted by atomic mass is 9.98. The Morgan fingerprint density at radius 3 is 2.55 bits per heavy atom. The summed E-state index contributed by atoms with van der Waals surface area (Å²) in [5.41, 5.74) is 0.983. The lowest BCUT2D eigenvalue weighted by Gasteiger charge is -2.31. The van der Waals surface area contributed by atoms with Crippen LogP contribution in [0.1, 0.15) is 30.5 Å². The van der Waals surface area contributed by atoms with Crippen LogP contribution in [0.4, 0.5) is 0 Å². The van der Waals surface area contributed by atoms with Crippen LogP contribution in [0.15, 0.2) is 45.2 Å². The minimum Gasteiger partial charge on any atom is -0.356 e. The Bertz CT molecular complexity index is 1060. The molecule has 0 radical (unpaired) electrons. The van der Waals surface area contributed by atoms with E-state index in [1.807, 2.05) is 6.26 Å². The fourth-order valence-corrected chi connectivity index (χ4v) is 5.57. The molecule has 2 aromatic rings. The number of aryl methyl sites for hydroxylation is 1. The molecule has 31 heavy (non-hydrogen) atoms. The number of carbonyl (C=O) groups excluding carboxylic acids is 1. The number of sulfonamides is 1. The van der Waals surface area contributed by atoms with Gasteiger partial charge in [0.1, 0.15) is 0 Å². The number of carbonyl (C=O) groups is 1. The highest BCUT2D eigenvalue weighted by Gasteiger charge is 2.29. The molecule has 0 unspecified atom stereocenters. The maximum Gasteiger partial charge on any atom is 0.254 e. The number of amides is 1. The molecule has 2 heterocycles. The fourth-order valence-electron chi connectivity index (χ4n) is 3.66. The third kappa shape index (κ3) is 5.96. The molecule has 1 aromatic heterocycles. The summed E-state index contributed by atoms with van der Waals surface area (Å²) < 4.78 is 26.9. The zero-order valence-electron chi connectivity index (χ0n) is 17.8. The van der Waals surface area contributed by atoms with E-state index in [0.717, 1.165) is 0 Å². The molecule has 0 bridgehead atoms. The van der Waals surface area contributed by atoms with Crippen molar-refractivity contribution < 1.29 is 13.2 Å². The van der Waals surface area contributed by atoms with Crippen LogP contribution in [0, 0.1) is 12.8 Å². The number of piperidine rings is 1. The number of aromatic amines is 1. The number of hydrogen-bond acceptors (Lipinski definition) is 6. The van der Waals surface area contributed by atoms with Gasteiger partial charge in [-0.15, -0.1) is 0 Å². The van der Waals surface area contributed by atoms with Crippen molar-refractivity contribution in [2.24, 2.45) is 5.92 Å². The molecule has 8 nitrogen and oxygen atoms in total. The highest BCUT2D eigenvalue weighted by Crippen LogP contribution is 2.23. The van der Waals surface area contributed by atoms with Gasteiger partial charge < -0.3 is 10.3 Å². The van der Waals surface area contributed by atoms with E-state index in [9.17, 15) is 18.0 Å². The summed E-state index contributed by atoms with van der Waals surface area (Å²) in [7, 11) is -3.46. The first-order valence-electron chi connectivity index (χ1n) is 10.3. The molecule has 10 heteroatoms. The van der Waals surface area contributed by atoms with Crippen molar-refractivity contribution in [1.29, 1.82) is 0 Å². The van der Waals surface area contributed by atoms with E-state index in [4.69, 9.17) is 0 Å². The van der Waals surface area contributed by atoms with Crippen molar-refractivity contribution in [1.82, 2.24) is 19.6 Å². The summed E-state index contributed by atoms with van der Waals surface area (Å²) >= 11 is 1.37. The van der Waals surface area contributed by atoms with E-state index >= 15 is 0 Å². The molecule has 0 atom stereocenters. The number of H-pyrrole nitrogens is 1. The van der Waals surface area contributed by atoms with Gasteiger partial charge in [-0.1, -0.05) is 30.0 Å². The fraction of sp³-hybridized carbons (Fsp3) is 0.476. The topological polar surface area (TPSA) is 112 Å². The Labute approximate surface area is 186 Å². The summed E-state index contributed by atoms with van der Waals surface area (Å²) in [5, 5.41) is 3.49. The van der Waals surface area contributed by atoms with E-state index in [0.29, 0.717) is 60.2 Å². The molecule has 1 aliphatic heterocycles. The van der Waals surface area contributed by atoms with Crippen LogP contribution in [-0.2, 0) is 21.2 Å². The molecule has 168 valence electrons. The number of hydrogen-bond donors (Lipinski definition) is 2. The predicted octanol–water partition coefficient (Wildman–Crippen LogP) is 1.95. The van der Waals surface area contributed by atoms with E-state index in [-0.39, 0.29) is 23.8 Å². The molecule has 1 amide bonds. The van der Waals surface area contributed by atoms with Crippen LogP contribution < -0.4 is 10.9 Å². The van der Waals surface area contributed by atoms with E-state index < -0.39 is 10.0 Å². The van der Waals surface area contributed by atoms with Crippen molar-refractivity contribution in [3.8, 4) is 0 Å². The van der Waals surface area contributed by atoms with E-state index in [1.54, 1.807) is 37.3 Å². The molecule has 1 fully saturated rings. The molecule has 0 aliphatic carbocycles. The Kier molecular flexibility index (Phi) is 7.90. The minimum atomic E-state index is -3.46. The summed E-state index contributed by atoms with van der Waals surface area (Å²) in [5.74, 6) is 0.117. The number of aromatic nitrogens is 2. The molecule has 1 aromatic carbocycles. The zero-order chi connectivity index (χ0) is 22.4. The largest absolute Gasteiger partial charge is 0.356 e. The van der Waals surface area contributed by atoms with E-state index in [2.05, 4.69) is 15.3 Å². The number of rotatable bonds is 8. The van der Waals surface area contributed by atoms with Crippen LogP contribution in [-0.4, -0.2) is 54.5 Å². The van der Waals surface area contributed by atoms with Gasteiger partial charge in [0, 0.05) is 37.3 Å². The lowest BCUT2D eigenvalue weighted by molar-refractivity contribution is -0.121. The highest BCUT2D eigenvalue weighted by atomic mass is 32.2. The van der Waals surface area contributed by atoms with Crippen LogP contribution in [0.2, 0.25) is 0 Å². The Morgan fingerprint density at radius 1 is 1.26 bits per heavy atom. The van der Waals surface area contributed by atoms with Gasteiger partial charge in [-0.2, -0.15) is 4.31 Å². The summed E-state index contributed by atoms with van der Waals surface area (Å²) in [6.45, 7) is 3.18. The number of nitrogens with zero attached hydrogens (tertiary/aromatic N) is 2. The summed E-state index contributed by atoms with van der Waals surface area (Å²) in [6.07, 6.45) is 3.79. The average molecular weight is 465 g/mol.